The summed E-state index contributed by atoms with van der Waals surface area (Å²) in [5.74, 6) is -0.178. The molecule has 0 fully saturated rings. The Kier molecular flexibility index (Phi) is 5.23. The van der Waals surface area contributed by atoms with Gasteiger partial charge >= 0.3 is 0 Å². The fourth-order valence-corrected chi connectivity index (χ4v) is 1.52. The molecule has 0 spiro atoms. The van der Waals surface area contributed by atoms with Crippen LogP contribution in [-0.2, 0) is 0 Å². The Bertz CT molecular complexity index is 424. The number of oxime groups is 1. The Balaban J connectivity index is 2.82. The summed E-state index contributed by atoms with van der Waals surface area (Å²) in [6.45, 7) is 4.07. The van der Waals surface area contributed by atoms with Crippen LogP contribution in [0.1, 0.15) is 20.3 Å². The van der Waals surface area contributed by atoms with Gasteiger partial charge in [-0.15, -0.1) is 0 Å². The second-order valence-corrected chi connectivity index (χ2v) is 3.71. The minimum atomic E-state index is -0.448. The third-order valence-corrected chi connectivity index (χ3v) is 2.45. The van der Waals surface area contributed by atoms with Crippen molar-refractivity contribution in [2.45, 2.75) is 26.3 Å². The van der Waals surface area contributed by atoms with Crippen LogP contribution in [0.4, 0.5) is 10.1 Å². The van der Waals surface area contributed by atoms with E-state index in [1.165, 1.54) is 6.07 Å². The first-order valence-electron chi connectivity index (χ1n) is 5.78. The van der Waals surface area contributed by atoms with E-state index in [-0.39, 0.29) is 17.6 Å². The predicted molar refractivity (Wildman–Crippen MR) is 68.7 cm³/mol. The Labute approximate surface area is 105 Å². The van der Waals surface area contributed by atoms with E-state index < -0.39 is 5.82 Å². The summed E-state index contributed by atoms with van der Waals surface area (Å²) in [7, 11) is 0. The Hall–Kier alpha value is -1.98. The molecule has 0 saturated heterocycles. The molecule has 1 rings (SSSR count). The first-order valence-corrected chi connectivity index (χ1v) is 5.78. The molecule has 0 radical (unpaired) electrons. The molecule has 100 valence electrons. The second kappa shape index (κ2) is 6.68. The third-order valence-electron chi connectivity index (χ3n) is 2.45. The molecule has 1 aromatic carbocycles. The van der Waals surface area contributed by atoms with Gasteiger partial charge in [-0.3, -0.25) is 0 Å². The zero-order valence-corrected chi connectivity index (χ0v) is 10.5. The van der Waals surface area contributed by atoms with Crippen molar-refractivity contribution in [3.63, 3.8) is 0 Å². The first-order chi connectivity index (χ1) is 8.62. The summed E-state index contributed by atoms with van der Waals surface area (Å²) in [5, 5.41) is 14.5. The molecule has 0 aliphatic rings. The van der Waals surface area contributed by atoms with E-state index in [2.05, 4.69) is 10.5 Å². The SMILES string of the molecule is CCOc1ccc(NC(CC)/C(N)=N/O)cc1F. The summed E-state index contributed by atoms with van der Waals surface area (Å²) < 4.78 is 18.7. The molecule has 1 unspecified atom stereocenters. The lowest BCUT2D eigenvalue weighted by atomic mass is 10.2. The number of benzene rings is 1. The van der Waals surface area contributed by atoms with Crippen LogP contribution in [0.5, 0.6) is 5.75 Å². The lowest BCUT2D eigenvalue weighted by molar-refractivity contribution is 0.316. The predicted octanol–water partition coefficient (Wildman–Crippen LogP) is 2.16. The maximum absolute atomic E-state index is 13.6. The minimum Gasteiger partial charge on any atom is -0.491 e. The zero-order valence-electron chi connectivity index (χ0n) is 10.5. The average molecular weight is 255 g/mol. The molecule has 4 N–H and O–H groups in total. The van der Waals surface area contributed by atoms with Gasteiger partial charge in [0, 0.05) is 11.8 Å². The molecule has 0 aromatic heterocycles. The lowest BCUT2D eigenvalue weighted by Crippen LogP contribution is -2.35. The normalized spacial score (nSPS) is 13.2. The van der Waals surface area contributed by atoms with Crippen LogP contribution in [0, 0.1) is 5.82 Å². The van der Waals surface area contributed by atoms with E-state index in [0.29, 0.717) is 18.7 Å². The number of amidine groups is 1. The summed E-state index contributed by atoms with van der Waals surface area (Å²) in [5.41, 5.74) is 6.06. The van der Waals surface area contributed by atoms with Gasteiger partial charge < -0.3 is 21.0 Å². The van der Waals surface area contributed by atoms with Gasteiger partial charge in [0.2, 0.25) is 0 Å². The fourth-order valence-electron chi connectivity index (χ4n) is 1.52. The van der Waals surface area contributed by atoms with Gasteiger partial charge in [0.05, 0.1) is 12.6 Å². The van der Waals surface area contributed by atoms with E-state index in [1.54, 1.807) is 19.1 Å². The van der Waals surface area contributed by atoms with E-state index in [9.17, 15) is 4.39 Å². The van der Waals surface area contributed by atoms with Gasteiger partial charge in [-0.05, 0) is 25.5 Å². The number of hydrogen-bond donors (Lipinski definition) is 3. The van der Waals surface area contributed by atoms with E-state index in [1.807, 2.05) is 6.92 Å². The van der Waals surface area contributed by atoms with Crippen molar-refractivity contribution in [2.24, 2.45) is 10.9 Å². The van der Waals surface area contributed by atoms with Crippen LogP contribution in [-0.4, -0.2) is 23.7 Å². The largest absolute Gasteiger partial charge is 0.491 e. The van der Waals surface area contributed by atoms with Crippen LogP contribution >= 0.6 is 0 Å². The van der Waals surface area contributed by atoms with Crippen molar-refractivity contribution in [3.05, 3.63) is 24.0 Å². The van der Waals surface area contributed by atoms with Crippen LogP contribution in [0.25, 0.3) is 0 Å². The van der Waals surface area contributed by atoms with Gasteiger partial charge in [0.25, 0.3) is 0 Å². The molecule has 0 aliphatic heterocycles. The van der Waals surface area contributed by atoms with Crippen LogP contribution in [0.15, 0.2) is 23.4 Å². The molecule has 0 bridgehead atoms. The molecule has 0 saturated carbocycles. The topological polar surface area (TPSA) is 79.9 Å². The quantitative estimate of drug-likeness (QED) is 0.315. The summed E-state index contributed by atoms with van der Waals surface area (Å²) in [4.78, 5) is 0. The number of rotatable bonds is 6. The molecule has 6 heteroatoms. The number of halogens is 1. The highest BCUT2D eigenvalue weighted by Crippen LogP contribution is 2.21. The molecule has 18 heavy (non-hydrogen) atoms. The van der Waals surface area contributed by atoms with Crippen molar-refractivity contribution in [1.29, 1.82) is 0 Å². The highest BCUT2D eigenvalue weighted by molar-refractivity contribution is 5.87. The standard InChI is InChI=1S/C12H18FN3O2/c1-3-10(12(14)16-17)15-8-5-6-11(18-4-2)9(13)7-8/h5-7,10,15,17H,3-4H2,1-2H3,(H2,14,16). The van der Waals surface area contributed by atoms with Crippen LogP contribution < -0.4 is 15.8 Å². The highest BCUT2D eigenvalue weighted by atomic mass is 19.1. The molecular formula is C12H18FN3O2. The van der Waals surface area contributed by atoms with Gasteiger partial charge in [-0.25, -0.2) is 4.39 Å². The zero-order chi connectivity index (χ0) is 13.5. The average Bonchev–Trinajstić information content (AvgIpc) is 2.38. The number of ether oxygens (including phenoxy) is 1. The Morgan fingerprint density at radius 3 is 2.78 bits per heavy atom. The molecule has 0 heterocycles. The number of nitrogens with zero attached hydrogens (tertiary/aromatic N) is 1. The molecule has 5 nitrogen and oxygen atoms in total. The fraction of sp³-hybridized carbons (Fsp3) is 0.417. The van der Waals surface area contributed by atoms with E-state index >= 15 is 0 Å². The van der Waals surface area contributed by atoms with Crippen molar-refractivity contribution in [1.82, 2.24) is 0 Å². The highest BCUT2D eigenvalue weighted by Gasteiger charge is 2.12. The van der Waals surface area contributed by atoms with Crippen molar-refractivity contribution in [2.75, 3.05) is 11.9 Å². The van der Waals surface area contributed by atoms with Crippen LogP contribution in [0.2, 0.25) is 0 Å². The molecule has 0 amide bonds. The van der Waals surface area contributed by atoms with E-state index in [4.69, 9.17) is 15.7 Å². The first kappa shape index (κ1) is 14.1. The van der Waals surface area contributed by atoms with E-state index in [0.717, 1.165) is 0 Å². The maximum atomic E-state index is 13.6. The van der Waals surface area contributed by atoms with Crippen molar-refractivity contribution in [3.8, 4) is 5.75 Å². The lowest BCUT2D eigenvalue weighted by Gasteiger charge is -2.17. The molecule has 0 aliphatic carbocycles. The molecular weight excluding hydrogens is 237 g/mol. The second-order valence-electron chi connectivity index (χ2n) is 3.71. The monoisotopic (exact) mass is 255 g/mol. The van der Waals surface area contributed by atoms with Gasteiger partial charge in [0.1, 0.15) is 0 Å². The Morgan fingerprint density at radius 2 is 2.28 bits per heavy atom. The molecule has 1 atom stereocenters. The summed E-state index contributed by atoms with van der Waals surface area (Å²) >= 11 is 0. The number of hydrogen-bond acceptors (Lipinski definition) is 4. The Morgan fingerprint density at radius 1 is 1.56 bits per heavy atom. The molecule has 1 aromatic rings. The van der Waals surface area contributed by atoms with Gasteiger partial charge in [-0.1, -0.05) is 12.1 Å². The maximum Gasteiger partial charge on any atom is 0.167 e. The van der Waals surface area contributed by atoms with Crippen molar-refractivity contribution >= 4 is 11.5 Å². The van der Waals surface area contributed by atoms with Crippen molar-refractivity contribution < 1.29 is 14.3 Å². The number of anilines is 1. The summed E-state index contributed by atoms with van der Waals surface area (Å²) in [6.07, 6.45) is 0.616. The number of nitrogens with one attached hydrogen (secondary N) is 1. The summed E-state index contributed by atoms with van der Waals surface area (Å²) in [6, 6.07) is 4.20. The smallest absolute Gasteiger partial charge is 0.167 e. The van der Waals surface area contributed by atoms with Gasteiger partial charge in [0.15, 0.2) is 17.4 Å². The van der Waals surface area contributed by atoms with Crippen LogP contribution in [0.3, 0.4) is 0 Å². The number of nitrogens with two attached hydrogens (primary N) is 1. The van der Waals surface area contributed by atoms with Gasteiger partial charge in [-0.2, -0.15) is 0 Å². The minimum absolute atomic E-state index is 0.0618. The third kappa shape index (κ3) is 3.51.